The molecule has 0 aliphatic heterocycles. The maximum Gasteiger partial charge on any atom is 0.358 e. The normalized spacial score (nSPS) is 11.1. The van der Waals surface area contributed by atoms with Crippen LogP contribution in [0.5, 0.6) is 0 Å². The van der Waals surface area contributed by atoms with Gasteiger partial charge in [-0.3, -0.25) is 4.79 Å². The summed E-state index contributed by atoms with van der Waals surface area (Å²) in [6, 6.07) is 4.07. The van der Waals surface area contributed by atoms with Gasteiger partial charge in [0.2, 0.25) is 0 Å². The fraction of sp³-hybridized carbons (Fsp3) is 0.231. The summed E-state index contributed by atoms with van der Waals surface area (Å²) < 4.78 is 5.80. The van der Waals surface area contributed by atoms with Gasteiger partial charge in [-0.25, -0.2) is 4.79 Å². The highest BCUT2D eigenvalue weighted by atomic mass is 35.5. The van der Waals surface area contributed by atoms with E-state index in [2.05, 4.69) is 0 Å². The van der Waals surface area contributed by atoms with E-state index in [1.807, 2.05) is 13.8 Å². The van der Waals surface area contributed by atoms with Crippen LogP contribution in [-0.4, -0.2) is 10.6 Å². The maximum atomic E-state index is 12.5. The van der Waals surface area contributed by atoms with Gasteiger partial charge in [-0.05, 0) is 18.1 Å². The Kier molecular flexibility index (Phi) is 4.28. The van der Waals surface area contributed by atoms with E-state index >= 15 is 0 Å². The molecule has 7 heteroatoms. The SMILES string of the molecule is CC(C)c1cc(=O)on1C(=O)c1c(Cl)cc(Cl)cc1Cl. The van der Waals surface area contributed by atoms with Crippen molar-refractivity contribution in [1.82, 2.24) is 4.74 Å². The standard InChI is InChI=1S/C13H10Cl3NO3/c1-6(2)10-5-11(18)20-17(10)13(19)12-8(15)3-7(14)4-9(12)16/h3-6H,1-2H3. The van der Waals surface area contributed by atoms with Gasteiger partial charge in [-0.15, -0.1) is 4.74 Å². The van der Waals surface area contributed by atoms with Crippen molar-refractivity contribution in [3.05, 3.63) is 54.9 Å². The number of halogens is 3. The van der Waals surface area contributed by atoms with Crippen LogP contribution in [0.2, 0.25) is 15.1 Å². The summed E-state index contributed by atoms with van der Waals surface area (Å²) in [5, 5.41) is 0.506. The molecule has 0 saturated heterocycles. The monoisotopic (exact) mass is 333 g/mol. The number of hydrogen-bond donors (Lipinski definition) is 0. The van der Waals surface area contributed by atoms with Gasteiger partial charge >= 0.3 is 5.63 Å². The van der Waals surface area contributed by atoms with Crippen LogP contribution in [0.15, 0.2) is 27.5 Å². The zero-order chi connectivity index (χ0) is 15.0. The molecule has 1 aromatic heterocycles. The number of carbonyl (C=O) groups excluding carboxylic acids is 1. The summed E-state index contributed by atoms with van der Waals surface area (Å²) >= 11 is 17.8. The third kappa shape index (κ3) is 2.77. The molecule has 0 spiro atoms. The summed E-state index contributed by atoms with van der Waals surface area (Å²) in [4.78, 5) is 23.8. The molecule has 0 atom stereocenters. The average Bonchev–Trinajstić information content (AvgIpc) is 2.70. The molecule has 20 heavy (non-hydrogen) atoms. The molecule has 0 saturated carbocycles. The third-order valence-corrected chi connectivity index (χ3v) is 3.49. The zero-order valence-electron chi connectivity index (χ0n) is 10.6. The maximum absolute atomic E-state index is 12.5. The summed E-state index contributed by atoms with van der Waals surface area (Å²) in [6.07, 6.45) is 0. The molecule has 0 radical (unpaired) electrons. The van der Waals surface area contributed by atoms with Crippen molar-refractivity contribution >= 4 is 40.7 Å². The Morgan fingerprint density at radius 1 is 1.15 bits per heavy atom. The first-order valence-electron chi connectivity index (χ1n) is 5.73. The predicted octanol–water partition coefficient (Wildman–Crippen LogP) is 4.21. The number of aromatic nitrogens is 1. The molecule has 0 fully saturated rings. The van der Waals surface area contributed by atoms with Crippen molar-refractivity contribution in [3.8, 4) is 0 Å². The first kappa shape index (κ1) is 15.2. The number of benzene rings is 1. The van der Waals surface area contributed by atoms with Crippen LogP contribution in [0.1, 0.15) is 35.8 Å². The molecule has 1 aromatic carbocycles. The van der Waals surface area contributed by atoms with E-state index in [0.717, 1.165) is 4.74 Å². The first-order valence-corrected chi connectivity index (χ1v) is 6.87. The molecule has 0 aliphatic carbocycles. The van der Waals surface area contributed by atoms with Gasteiger partial charge in [-0.1, -0.05) is 48.7 Å². The second-order valence-corrected chi connectivity index (χ2v) is 5.73. The minimum atomic E-state index is -0.609. The molecule has 0 bridgehead atoms. The van der Waals surface area contributed by atoms with E-state index < -0.39 is 11.5 Å². The van der Waals surface area contributed by atoms with Crippen LogP contribution in [-0.2, 0) is 0 Å². The summed E-state index contributed by atoms with van der Waals surface area (Å²) in [7, 11) is 0. The second-order valence-electron chi connectivity index (χ2n) is 4.48. The highest BCUT2D eigenvalue weighted by molar-refractivity contribution is 6.42. The largest absolute Gasteiger partial charge is 0.358 e. The van der Waals surface area contributed by atoms with Crippen LogP contribution in [0.3, 0.4) is 0 Å². The molecule has 0 amide bonds. The number of rotatable bonds is 2. The van der Waals surface area contributed by atoms with Gasteiger partial charge in [0.05, 0.1) is 21.3 Å². The van der Waals surface area contributed by atoms with Crippen molar-refractivity contribution in [2.45, 2.75) is 19.8 Å². The van der Waals surface area contributed by atoms with E-state index in [-0.39, 0.29) is 21.5 Å². The van der Waals surface area contributed by atoms with E-state index in [4.69, 9.17) is 39.3 Å². The minimum Gasteiger partial charge on any atom is -0.328 e. The fourth-order valence-corrected chi connectivity index (χ4v) is 2.73. The number of carbonyl (C=O) groups is 1. The lowest BCUT2D eigenvalue weighted by Gasteiger charge is -2.10. The van der Waals surface area contributed by atoms with Crippen molar-refractivity contribution in [2.24, 2.45) is 0 Å². The van der Waals surface area contributed by atoms with Crippen LogP contribution in [0.25, 0.3) is 0 Å². The smallest absolute Gasteiger partial charge is 0.328 e. The number of hydrogen-bond acceptors (Lipinski definition) is 3. The van der Waals surface area contributed by atoms with E-state index in [1.165, 1.54) is 18.2 Å². The highest BCUT2D eigenvalue weighted by Gasteiger charge is 2.23. The van der Waals surface area contributed by atoms with Crippen LogP contribution in [0.4, 0.5) is 0 Å². The molecular weight excluding hydrogens is 325 g/mol. The Labute approximate surface area is 129 Å². The molecule has 1 heterocycles. The Morgan fingerprint density at radius 2 is 1.70 bits per heavy atom. The molecule has 0 N–H and O–H groups in total. The lowest BCUT2D eigenvalue weighted by molar-refractivity contribution is 0.0829. The summed E-state index contributed by atoms with van der Waals surface area (Å²) in [5.41, 5.74) is -0.121. The van der Waals surface area contributed by atoms with E-state index in [0.29, 0.717) is 10.7 Å². The van der Waals surface area contributed by atoms with Crippen molar-refractivity contribution in [1.29, 1.82) is 0 Å². The predicted molar refractivity (Wildman–Crippen MR) is 78.3 cm³/mol. The summed E-state index contributed by atoms with van der Waals surface area (Å²) in [6.45, 7) is 3.66. The molecule has 2 aromatic rings. The van der Waals surface area contributed by atoms with Crippen molar-refractivity contribution in [3.63, 3.8) is 0 Å². The van der Waals surface area contributed by atoms with E-state index in [1.54, 1.807) is 0 Å². The van der Waals surface area contributed by atoms with Crippen LogP contribution in [0, 0.1) is 0 Å². The Bertz CT molecular complexity index is 708. The molecule has 0 aliphatic rings. The Morgan fingerprint density at radius 3 is 2.20 bits per heavy atom. The minimum absolute atomic E-state index is 0.0407. The second kappa shape index (κ2) is 5.64. The Hall–Kier alpha value is -1.23. The van der Waals surface area contributed by atoms with E-state index in [9.17, 15) is 9.59 Å². The van der Waals surface area contributed by atoms with Gasteiger partial charge in [0.25, 0.3) is 5.91 Å². The topological polar surface area (TPSA) is 52.2 Å². The van der Waals surface area contributed by atoms with Crippen LogP contribution < -0.4 is 5.63 Å². The van der Waals surface area contributed by atoms with Gasteiger partial charge in [0.1, 0.15) is 0 Å². The fourth-order valence-electron chi connectivity index (χ4n) is 1.76. The molecular formula is C13H10Cl3NO3. The van der Waals surface area contributed by atoms with Gasteiger partial charge in [0, 0.05) is 11.1 Å². The van der Waals surface area contributed by atoms with Crippen molar-refractivity contribution in [2.75, 3.05) is 0 Å². The average molecular weight is 335 g/mol. The lowest BCUT2D eigenvalue weighted by Crippen LogP contribution is -2.16. The Balaban J connectivity index is 2.61. The molecule has 4 nitrogen and oxygen atoms in total. The highest BCUT2D eigenvalue weighted by Crippen LogP contribution is 2.30. The van der Waals surface area contributed by atoms with Crippen LogP contribution >= 0.6 is 34.8 Å². The lowest BCUT2D eigenvalue weighted by atomic mass is 10.1. The van der Waals surface area contributed by atoms with Crippen molar-refractivity contribution < 1.29 is 9.32 Å². The third-order valence-electron chi connectivity index (χ3n) is 2.68. The van der Waals surface area contributed by atoms with Gasteiger partial charge in [0.15, 0.2) is 0 Å². The first-order chi connectivity index (χ1) is 9.31. The molecule has 106 valence electrons. The molecule has 2 rings (SSSR count). The summed E-state index contributed by atoms with van der Waals surface area (Å²) in [5.74, 6) is -0.683. The number of nitrogens with zero attached hydrogens (tertiary/aromatic N) is 1. The van der Waals surface area contributed by atoms with Gasteiger partial charge in [-0.2, -0.15) is 0 Å². The van der Waals surface area contributed by atoms with Gasteiger partial charge < -0.3 is 4.52 Å². The quantitative estimate of drug-likeness (QED) is 0.826. The zero-order valence-corrected chi connectivity index (χ0v) is 12.9. The molecule has 0 unspecified atom stereocenters.